The van der Waals surface area contributed by atoms with Gasteiger partial charge in [0.1, 0.15) is 11.5 Å². The molecule has 18 heavy (non-hydrogen) atoms. The predicted molar refractivity (Wildman–Crippen MR) is 79.0 cm³/mol. The molecule has 0 aliphatic heterocycles. The van der Waals surface area contributed by atoms with E-state index < -0.39 is 0 Å². The quantitative estimate of drug-likeness (QED) is 0.814. The SMILES string of the molecule is CCOc1cccc(NCc2cc(Br)c(Br)o2)c1. The summed E-state index contributed by atoms with van der Waals surface area (Å²) in [6.07, 6.45) is 0. The van der Waals surface area contributed by atoms with Crippen molar-refractivity contribution in [3.05, 3.63) is 45.2 Å². The molecule has 1 N–H and O–H groups in total. The molecule has 1 heterocycles. The van der Waals surface area contributed by atoms with E-state index in [-0.39, 0.29) is 0 Å². The summed E-state index contributed by atoms with van der Waals surface area (Å²) in [5.41, 5.74) is 1.00. The zero-order valence-corrected chi connectivity index (χ0v) is 13.0. The highest BCUT2D eigenvalue weighted by molar-refractivity contribution is 9.13. The monoisotopic (exact) mass is 373 g/mol. The first kappa shape index (κ1) is 13.5. The molecule has 0 amide bonds. The van der Waals surface area contributed by atoms with Gasteiger partial charge in [0.05, 0.1) is 17.6 Å². The van der Waals surface area contributed by atoms with Crippen molar-refractivity contribution in [3.8, 4) is 5.75 Å². The molecule has 2 rings (SSSR count). The van der Waals surface area contributed by atoms with Crippen molar-refractivity contribution in [2.75, 3.05) is 11.9 Å². The average Bonchev–Trinajstić information content (AvgIpc) is 2.67. The molecule has 1 aromatic carbocycles. The molecule has 1 aromatic heterocycles. The maximum Gasteiger partial charge on any atom is 0.183 e. The maximum absolute atomic E-state index is 5.49. The van der Waals surface area contributed by atoms with Crippen LogP contribution in [0.15, 0.2) is 43.9 Å². The van der Waals surface area contributed by atoms with Crippen LogP contribution < -0.4 is 10.1 Å². The number of hydrogen-bond donors (Lipinski definition) is 1. The Morgan fingerprint density at radius 2 is 2.11 bits per heavy atom. The third kappa shape index (κ3) is 3.53. The van der Waals surface area contributed by atoms with Gasteiger partial charge < -0.3 is 14.5 Å². The molecule has 0 fully saturated rings. The van der Waals surface area contributed by atoms with Crippen molar-refractivity contribution in [2.45, 2.75) is 13.5 Å². The molecule has 3 nitrogen and oxygen atoms in total. The van der Waals surface area contributed by atoms with Crippen LogP contribution in [-0.4, -0.2) is 6.61 Å². The molecule has 0 bridgehead atoms. The van der Waals surface area contributed by atoms with E-state index in [4.69, 9.17) is 9.15 Å². The van der Waals surface area contributed by atoms with Gasteiger partial charge in [-0.05, 0) is 57.0 Å². The summed E-state index contributed by atoms with van der Waals surface area (Å²) in [4.78, 5) is 0. The van der Waals surface area contributed by atoms with Crippen molar-refractivity contribution in [1.82, 2.24) is 0 Å². The van der Waals surface area contributed by atoms with Crippen molar-refractivity contribution < 1.29 is 9.15 Å². The largest absolute Gasteiger partial charge is 0.494 e. The maximum atomic E-state index is 5.49. The fourth-order valence-corrected chi connectivity index (χ4v) is 2.19. The molecule has 0 spiro atoms. The highest BCUT2D eigenvalue weighted by Gasteiger charge is 2.05. The zero-order valence-electron chi connectivity index (χ0n) is 9.87. The predicted octanol–water partition coefficient (Wildman–Crippen LogP) is 4.82. The van der Waals surface area contributed by atoms with E-state index in [0.29, 0.717) is 17.8 Å². The standard InChI is InChI=1S/C13H13Br2NO2/c1-2-17-10-5-3-4-9(6-10)16-8-11-7-12(14)13(15)18-11/h3-7,16H,2,8H2,1H3. The van der Waals surface area contributed by atoms with Gasteiger partial charge in [0.15, 0.2) is 4.67 Å². The lowest BCUT2D eigenvalue weighted by Crippen LogP contribution is -1.99. The highest BCUT2D eigenvalue weighted by atomic mass is 79.9. The van der Waals surface area contributed by atoms with E-state index in [0.717, 1.165) is 21.7 Å². The Kier molecular flexibility index (Phi) is 4.72. The van der Waals surface area contributed by atoms with Crippen LogP contribution in [-0.2, 0) is 6.54 Å². The van der Waals surface area contributed by atoms with Gasteiger partial charge in [-0.1, -0.05) is 6.07 Å². The molecule has 96 valence electrons. The van der Waals surface area contributed by atoms with Gasteiger partial charge in [0.2, 0.25) is 0 Å². The van der Waals surface area contributed by atoms with Crippen LogP contribution in [0.25, 0.3) is 0 Å². The number of ether oxygens (including phenoxy) is 1. The Bertz CT molecular complexity index is 506. The van der Waals surface area contributed by atoms with E-state index in [1.807, 2.05) is 37.3 Å². The molecule has 5 heteroatoms. The van der Waals surface area contributed by atoms with Gasteiger partial charge in [-0.25, -0.2) is 0 Å². The first-order valence-electron chi connectivity index (χ1n) is 5.59. The summed E-state index contributed by atoms with van der Waals surface area (Å²) in [7, 11) is 0. The minimum Gasteiger partial charge on any atom is -0.494 e. The lowest BCUT2D eigenvalue weighted by atomic mass is 10.3. The van der Waals surface area contributed by atoms with Gasteiger partial charge in [-0.15, -0.1) is 0 Å². The van der Waals surface area contributed by atoms with Gasteiger partial charge >= 0.3 is 0 Å². The summed E-state index contributed by atoms with van der Waals surface area (Å²) in [6.45, 7) is 3.26. The third-order valence-corrected chi connectivity index (χ3v) is 4.02. The number of nitrogens with one attached hydrogen (secondary N) is 1. The highest BCUT2D eigenvalue weighted by Crippen LogP contribution is 2.27. The van der Waals surface area contributed by atoms with Crippen LogP contribution >= 0.6 is 31.9 Å². The second-order valence-electron chi connectivity index (χ2n) is 3.65. The van der Waals surface area contributed by atoms with E-state index in [2.05, 4.69) is 37.2 Å². The first-order valence-corrected chi connectivity index (χ1v) is 7.18. The molecule has 0 saturated heterocycles. The Balaban J connectivity index is 1.99. The molecule has 0 aliphatic rings. The lowest BCUT2D eigenvalue weighted by Gasteiger charge is -2.07. The summed E-state index contributed by atoms with van der Waals surface area (Å²) in [5, 5.41) is 3.28. The fraction of sp³-hybridized carbons (Fsp3) is 0.231. The molecule has 0 aliphatic carbocycles. The molecule has 0 saturated carbocycles. The first-order chi connectivity index (χ1) is 8.69. The number of hydrogen-bond acceptors (Lipinski definition) is 3. The zero-order chi connectivity index (χ0) is 13.0. The molecule has 0 radical (unpaired) electrons. The number of halogens is 2. The topological polar surface area (TPSA) is 34.4 Å². The molecule has 0 atom stereocenters. The molecule has 0 unspecified atom stereocenters. The number of rotatable bonds is 5. The smallest absolute Gasteiger partial charge is 0.183 e. The van der Waals surface area contributed by atoms with Crippen LogP contribution in [0.4, 0.5) is 5.69 Å². The Labute approximate surface area is 123 Å². The normalized spacial score (nSPS) is 10.4. The summed E-state index contributed by atoms with van der Waals surface area (Å²) < 4.78 is 12.6. The average molecular weight is 375 g/mol. The summed E-state index contributed by atoms with van der Waals surface area (Å²) in [6, 6.07) is 9.80. The van der Waals surface area contributed by atoms with Crippen molar-refractivity contribution in [1.29, 1.82) is 0 Å². The second-order valence-corrected chi connectivity index (χ2v) is 5.22. The van der Waals surface area contributed by atoms with Crippen LogP contribution in [0.5, 0.6) is 5.75 Å². The van der Waals surface area contributed by atoms with Gasteiger partial charge in [0, 0.05) is 11.8 Å². The minimum atomic E-state index is 0.625. The lowest BCUT2D eigenvalue weighted by molar-refractivity contribution is 0.340. The molecule has 2 aromatic rings. The van der Waals surface area contributed by atoms with Crippen molar-refractivity contribution in [2.24, 2.45) is 0 Å². The Morgan fingerprint density at radius 3 is 2.78 bits per heavy atom. The van der Waals surface area contributed by atoms with Crippen molar-refractivity contribution in [3.63, 3.8) is 0 Å². The van der Waals surface area contributed by atoms with E-state index in [9.17, 15) is 0 Å². The summed E-state index contributed by atoms with van der Waals surface area (Å²) in [5.74, 6) is 1.72. The second kappa shape index (κ2) is 6.29. The van der Waals surface area contributed by atoms with Crippen LogP contribution in [0.3, 0.4) is 0 Å². The van der Waals surface area contributed by atoms with Gasteiger partial charge in [0.25, 0.3) is 0 Å². The van der Waals surface area contributed by atoms with Crippen LogP contribution in [0.1, 0.15) is 12.7 Å². The summed E-state index contributed by atoms with van der Waals surface area (Å²) >= 11 is 6.70. The van der Waals surface area contributed by atoms with Crippen LogP contribution in [0.2, 0.25) is 0 Å². The van der Waals surface area contributed by atoms with Gasteiger partial charge in [-0.2, -0.15) is 0 Å². The van der Waals surface area contributed by atoms with E-state index in [1.54, 1.807) is 0 Å². The number of anilines is 1. The molecular weight excluding hydrogens is 362 g/mol. The minimum absolute atomic E-state index is 0.625. The Morgan fingerprint density at radius 1 is 1.28 bits per heavy atom. The van der Waals surface area contributed by atoms with E-state index >= 15 is 0 Å². The third-order valence-electron chi connectivity index (χ3n) is 2.31. The fourth-order valence-electron chi connectivity index (χ4n) is 1.53. The Hall–Kier alpha value is -0.940. The number of furan rings is 1. The van der Waals surface area contributed by atoms with Crippen LogP contribution in [0, 0.1) is 0 Å². The number of benzene rings is 1. The van der Waals surface area contributed by atoms with Gasteiger partial charge in [-0.3, -0.25) is 0 Å². The molecular formula is C13H13Br2NO2. The van der Waals surface area contributed by atoms with E-state index in [1.165, 1.54) is 0 Å². The van der Waals surface area contributed by atoms with Crippen molar-refractivity contribution >= 4 is 37.5 Å².